The molecule has 1 N–H and O–H groups in total. The highest BCUT2D eigenvalue weighted by atomic mass is 16.7. The van der Waals surface area contributed by atoms with Crippen LogP contribution in [0.5, 0.6) is 0 Å². The van der Waals surface area contributed by atoms with Crippen LogP contribution in [0.15, 0.2) is 0 Å². The van der Waals surface area contributed by atoms with Gasteiger partial charge in [0.15, 0.2) is 6.29 Å². The quantitative estimate of drug-likeness (QED) is 0.843. The number of likely N-dealkylation sites (tertiary alicyclic amines) is 1. The van der Waals surface area contributed by atoms with Gasteiger partial charge < -0.3 is 24.2 Å². The van der Waals surface area contributed by atoms with Gasteiger partial charge in [-0.05, 0) is 37.5 Å². The first kappa shape index (κ1) is 18.1. The molecule has 3 aliphatic rings. The number of rotatable bonds is 4. The Morgan fingerprint density at radius 2 is 1.96 bits per heavy atom. The van der Waals surface area contributed by atoms with E-state index < -0.39 is 0 Å². The topological polar surface area (TPSA) is 68.2 Å². The van der Waals surface area contributed by atoms with Crippen molar-refractivity contribution in [1.29, 1.82) is 0 Å². The third kappa shape index (κ3) is 4.69. The highest BCUT2D eigenvalue weighted by molar-refractivity contribution is 5.76. The normalized spacial score (nSPS) is 34.5. The molecule has 3 aliphatic heterocycles. The average Bonchev–Trinajstić information content (AvgIpc) is 3.16. The minimum absolute atomic E-state index is 0.0138. The van der Waals surface area contributed by atoms with Crippen LogP contribution in [-0.2, 0) is 19.0 Å². The van der Waals surface area contributed by atoms with Gasteiger partial charge in [0.05, 0.1) is 25.4 Å². The van der Waals surface area contributed by atoms with E-state index in [9.17, 15) is 9.90 Å². The number of hydrogen-bond donors (Lipinski definition) is 1. The van der Waals surface area contributed by atoms with Crippen molar-refractivity contribution in [3.05, 3.63) is 0 Å². The minimum Gasteiger partial charge on any atom is -0.393 e. The predicted octanol–water partition coefficient (Wildman–Crippen LogP) is 1.70. The maximum absolute atomic E-state index is 12.6. The summed E-state index contributed by atoms with van der Waals surface area (Å²) in [5.41, 5.74) is -0.0301. The minimum atomic E-state index is -0.303. The fourth-order valence-electron chi connectivity index (χ4n) is 4.10. The molecule has 0 aromatic carbocycles. The summed E-state index contributed by atoms with van der Waals surface area (Å²) in [5.74, 6) is 0.178. The highest BCUT2D eigenvalue weighted by Gasteiger charge is 2.36. The monoisotopic (exact) mass is 341 g/mol. The highest BCUT2D eigenvalue weighted by Crippen LogP contribution is 2.30. The zero-order valence-corrected chi connectivity index (χ0v) is 14.9. The molecule has 1 amide bonds. The number of carbonyl (C=O) groups is 1. The largest absolute Gasteiger partial charge is 0.393 e. The molecule has 0 aromatic heterocycles. The number of carbonyl (C=O) groups excluding carboxylic acids is 1. The van der Waals surface area contributed by atoms with Gasteiger partial charge in [0.25, 0.3) is 0 Å². The first-order valence-corrected chi connectivity index (χ1v) is 9.27. The Hall–Kier alpha value is -0.690. The molecule has 3 fully saturated rings. The summed E-state index contributed by atoms with van der Waals surface area (Å²) < 4.78 is 17.0. The van der Waals surface area contributed by atoms with Crippen molar-refractivity contribution in [3.8, 4) is 0 Å². The molecule has 0 saturated carbocycles. The van der Waals surface area contributed by atoms with Gasteiger partial charge in [-0.1, -0.05) is 13.8 Å². The summed E-state index contributed by atoms with van der Waals surface area (Å²) >= 11 is 0. The average molecular weight is 341 g/mol. The number of aliphatic hydroxyl groups excluding tert-OH is 1. The van der Waals surface area contributed by atoms with Crippen molar-refractivity contribution in [2.75, 3.05) is 26.3 Å². The molecule has 0 aromatic rings. The molecular weight excluding hydrogens is 310 g/mol. The Morgan fingerprint density at radius 3 is 2.71 bits per heavy atom. The number of aliphatic hydroxyl groups is 1. The number of ether oxygens (including phenoxy) is 3. The summed E-state index contributed by atoms with van der Waals surface area (Å²) in [6, 6.07) is 0. The van der Waals surface area contributed by atoms with Gasteiger partial charge in [0.1, 0.15) is 6.10 Å². The molecule has 0 spiro atoms. The van der Waals surface area contributed by atoms with Crippen LogP contribution in [0.3, 0.4) is 0 Å². The first-order valence-electron chi connectivity index (χ1n) is 9.27. The number of nitrogens with zero attached hydrogens (tertiary/aromatic N) is 1. The number of hydrogen-bond acceptors (Lipinski definition) is 5. The Kier molecular flexibility index (Phi) is 5.80. The van der Waals surface area contributed by atoms with Crippen LogP contribution in [0.25, 0.3) is 0 Å². The van der Waals surface area contributed by atoms with Gasteiger partial charge in [0, 0.05) is 19.5 Å². The summed E-state index contributed by atoms with van der Waals surface area (Å²) in [6.45, 7) is 6.90. The van der Waals surface area contributed by atoms with Crippen LogP contribution >= 0.6 is 0 Å². The molecule has 6 nitrogen and oxygen atoms in total. The van der Waals surface area contributed by atoms with E-state index in [1.807, 2.05) is 4.90 Å². The van der Waals surface area contributed by atoms with Gasteiger partial charge in [-0.2, -0.15) is 0 Å². The maximum atomic E-state index is 12.6. The second-order valence-electron chi connectivity index (χ2n) is 8.15. The SMILES string of the molecule is CC1(C)CC(O)CCN(C(=O)CCC2CCC(C3OCCO3)O2)C1. The molecule has 0 bridgehead atoms. The summed E-state index contributed by atoms with van der Waals surface area (Å²) in [5, 5.41) is 9.98. The zero-order valence-electron chi connectivity index (χ0n) is 14.9. The Morgan fingerprint density at radius 1 is 1.21 bits per heavy atom. The summed E-state index contributed by atoms with van der Waals surface area (Å²) in [4.78, 5) is 14.5. The lowest BCUT2D eigenvalue weighted by Gasteiger charge is -2.30. The smallest absolute Gasteiger partial charge is 0.222 e. The van der Waals surface area contributed by atoms with E-state index >= 15 is 0 Å². The molecule has 6 heteroatoms. The Balaban J connectivity index is 1.43. The van der Waals surface area contributed by atoms with Gasteiger partial charge in [0.2, 0.25) is 5.91 Å². The van der Waals surface area contributed by atoms with E-state index in [1.165, 1.54) is 0 Å². The number of amides is 1. The zero-order chi connectivity index (χ0) is 17.2. The molecule has 3 saturated heterocycles. The van der Waals surface area contributed by atoms with Crippen molar-refractivity contribution in [2.24, 2.45) is 5.41 Å². The van der Waals surface area contributed by atoms with E-state index in [0.29, 0.717) is 32.6 Å². The van der Waals surface area contributed by atoms with Gasteiger partial charge >= 0.3 is 0 Å². The molecular formula is C18H31NO5. The first-order chi connectivity index (χ1) is 11.4. The lowest BCUT2D eigenvalue weighted by atomic mass is 9.87. The van der Waals surface area contributed by atoms with Gasteiger partial charge in [-0.3, -0.25) is 4.79 Å². The van der Waals surface area contributed by atoms with E-state index in [1.54, 1.807) is 0 Å². The van der Waals surface area contributed by atoms with Crippen LogP contribution in [0.2, 0.25) is 0 Å². The lowest BCUT2D eigenvalue weighted by molar-refractivity contribution is -0.141. The fraction of sp³-hybridized carbons (Fsp3) is 0.944. The molecule has 3 unspecified atom stereocenters. The molecule has 0 aliphatic carbocycles. The molecule has 3 heterocycles. The molecule has 3 atom stereocenters. The fourth-order valence-corrected chi connectivity index (χ4v) is 4.10. The molecule has 138 valence electrons. The van der Waals surface area contributed by atoms with Crippen LogP contribution in [-0.4, -0.2) is 66.8 Å². The third-order valence-corrected chi connectivity index (χ3v) is 5.26. The second kappa shape index (κ2) is 7.68. The van der Waals surface area contributed by atoms with Crippen molar-refractivity contribution in [1.82, 2.24) is 4.90 Å². The maximum Gasteiger partial charge on any atom is 0.222 e. The van der Waals surface area contributed by atoms with E-state index in [4.69, 9.17) is 14.2 Å². The Bertz CT molecular complexity index is 435. The molecule has 24 heavy (non-hydrogen) atoms. The summed E-state index contributed by atoms with van der Waals surface area (Å²) in [6.07, 6.45) is 4.20. The molecule has 3 rings (SSSR count). The van der Waals surface area contributed by atoms with Gasteiger partial charge in [-0.15, -0.1) is 0 Å². The lowest BCUT2D eigenvalue weighted by Crippen LogP contribution is -2.38. The Labute approximate surface area is 144 Å². The van der Waals surface area contributed by atoms with Crippen molar-refractivity contribution in [3.63, 3.8) is 0 Å². The van der Waals surface area contributed by atoms with E-state index in [2.05, 4.69) is 13.8 Å². The van der Waals surface area contributed by atoms with Crippen LogP contribution in [0, 0.1) is 5.41 Å². The van der Waals surface area contributed by atoms with E-state index in [-0.39, 0.29) is 35.9 Å². The van der Waals surface area contributed by atoms with Crippen molar-refractivity contribution >= 4 is 5.91 Å². The molecule has 0 radical (unpaired) electrons. The van der Waals surface area contributed by atoms with Crippen LogP contribution in [0.1, 0.15) is 52.4 Å². The van der Waals surface area contributed by atoms with E-state index in [0.717, 1.165) is 32.2 Å². The van der Waals surface area contributed by atoms with Crippen molar-refractivity contribution < 1.29 is 24.1 Å². The standard InChI is InChI=1S/C18H31NO5/c1-18(2)11-13(20)7-8-19(12-18)16(21)6-4-14-3-5-15(24-14)17-22-9-10-23-17/h13-15,17,20H,3-12H2,1-2H3. The van der Waals surface area contributed by atoms with Crippen LogP contribution < -0.4 is 0 Å². The van der Waals surface area contributed by atoms with Gasteiger partial charge in [-0.25, -0.2) is 0 Å². The predicted molar refractivity (Wildman–Crippen MR) is 88.4 cm³/mol. The van der Waals surface area contributed by atoms with Crippen LogP contribution in [0.4, 0.5) is 0 Å². The summed E-state index contributed by atoms with van der Waals surface area (Å²) in [7, 11) is 0. The third-order valence-electron chi connectivity index (χ3n) is 5.26. The second-order valence-corrected chi connectivity index (χ2v) is 8.15. The van der Waals surface area contributed by atoms with Crippen molar-refractivity contribution in [2.45, 2.75) is 77.0 Å².